The van der Waals surface area contributed by atoms with Gasteiger partial charge in [0.05, 0.1) is 6.20 Å². The fraction of sp³-hybridized carbons (Fsp3) is 0.500. The van der Waals surface area contributed by atoms with E-state index < -0.39 is 0 Å². The van der Waals surface area contributed by atoms with Crippen LogP contribution in [0.3, 0.4) is 0 Å². The number of aromatic nitrogens is 1. The van der Waals surface area contributed by atoms with Gasteiger partial charge >= 0.3 is 0 Å². The topological polar surface area (TPSA) is 72.4 Å². The summed E-state index contributed by atoms with van der Waals surface area (Å²) in [5.74, 6) is 2.08. The van der Waals surface area contributed by atoms with Crippen molar-refractivity contribution in [2.24, 2.45) is 11.7 Å². The lowest BCUT2D eigenvalue weighted by Crippen LogP contribution is -2.42. The summed E-state index contributed by atoms with van der Waals surface area (Å²) in [5.41, 5.74) is 8.18. The lowest BCUT2D eigenvalue weighted by atomic mass is 9.91. The van der Waals surface area contributed by atoms with Crippen molar-refractivity contribution in [2.75, 3.05) is 13.1 Å². The zero-order valence-corrected chi connectivity index (χ0v) is 17.5. The van der Waals surface area contributed by atoms with Gasteiger partial charge in [0, 0.05) is 37.5 Å². The molecule has 2 N–H and O–H groups in total. The Morgan fingerprint density at radius 3 is 2.48 bits per heavy atom. The quantitative estimate of drug-likeness (QED) is 0.803. The second kappa shape index (κ2) is 10.7. The van der Waals surface area contributed by atoms with Crippen LogP contribution in [0.2, 0.25) is 0 Å². The Balaban J connectivity index is 0.00000182. The van der Waals surface area contributed by atoms with Crippen LogP contribution in [0.15, 0.2) is 34.9 Å². The van der Waals surface area contributed by atoms with E-state index in [4.69, 9.17) is 10.2 Å². The Morgan fingerprint density at radius 2 is 1.89 bits per heavy atom. The number of carbonyl (C=O) groups is 1. The molecule has 3 rings (SSSR count). The number of hydrogen-bond donors (Lipinski definition) is 1. The first kappa shape index (κ1) is 23.5. The summed E-state index contributed by atoms with van der Waals surface area (Å²) in [6.07, 6.45) is 4.72. The zero-order valence-electron chi connectivity index (χ0n) is 15.9. The molecule has 1 aromatic heterocycles. The van der Waals surface area contributed by atoms with Gasteiger partial charge < -0.3 is 15.1 Å². The monoisotopic (exact) mass is 413 g/mol. The number of carbonyl (C=O) groups excluding carboxylic acids is 1. The van der Waals surface area contributed by atoms with Crippen LogP contribution in [-0.2, 0) is 11.2 Å². The Morgan fingerprint density at radius 1 is 1.26 bits per heavy atom. The first-order valence-corrected chi connectivity index (χ1v) is 9.08. The highest BCUT2D eigenvalue weighted by Gasteiger charge is 2.24. The second-order valence-corrected chi connectivity index (χ2v) is 7.06. The standard InChI is InChI=1S/C20H27N3O2.2ClH/c1-14-3-5-17(6-4-14)18-13-22-19(25-18)7-8-20(24)23-11-9-16(10-12-23)15(2)21;;/h3-6,13,15-16H,7-12,21H2,1-2H3;2*1H. The minimum atomic E-state index is 0. The second-order valence-electron chi connectivity index (χ2n) is 7.06. The van der Waals surface area contributed by atoms with Crippen LogP contribution in [0.25, 0.3) is 11.3 Å². The van der Waals surface area contributed by atoms with Gasteiger partial charge in [0.25, 0.3) is 0 Å². The predicted molar refractivity (Wildman–Crippen MR) is 112 cm³/mol. The Labute approximate surface area is 173 Å². The van der Waals surface area contributed by atoms with E-state index in [1.165, 1.54) is 5.56 Å². The molecule has 0 radical (unpaired) electrons. The smallest absolute Gasteiger partial charge is 0.223 e. The maximum absolute atomic E-state index is 12.4. The molecule has 1 unspecified atom stereocenters. The molecule has 0 aliphatic carbocycles. The van der Waals surface area contributed by atoms with Gasteiger partial charge in [0.15, 0.2) is 11.7 Å². The number of piperidine rings is 1. The average Bonchev–Trinajstić information content (AvgIpc) is 3.09. The molecule has 0 saturated carbocycles. The van der Waals surface area contributed by atoms with Gasteiger partial charge in [-0.2, -0.15) is 0 Å². The fourth-order valence-corrected chi connectivity index (χ4v) is 3.32. The van der Waals surface area contributed by atoms with Gasteiger partial charge in [0.1, 0.15) is 0 Å². The molecule has 0 spiro atoms. The number of aryl methyl sites for hydroxylation is 2. The van der Waals surface area contributed by atoms with E-state index in [9.17, 15) is 4.79 Å². The van der Waals surface area contributed by atoms with E-state index >= 15 is 0 Å². The molecule has 0 bridgehead atoms. The van der Waals surface area contributed by atoms with E-state index in [1.807, 2.05) is 29.2 Å². The van der Waals surface area contributed by atoms with Gasteiger partial charge in [-0.15, -0.1) is 24.8 Å². The number of oxazole rings is 1. The molecule has 1 saturated heterocycles. The maximum atomic E-state index is 12.4. The molecule has 1 fully saturated rings. The van der Waals surface area contributed by atoms with Crippen molar-refractivity contribution in [3.8, 4) is 11.3 Å². The minimum absolute atomic E-state index is 0. The van der Waals surface area contributed by atoms with Crippen LogP contribution in [0.1, 0.15) is 37.6 Å². The van der Waals surface area contributed by atoms with Crippen molar-refractivity contribution in [1.82, 2.24) is 9.88 Å². The highest BCUT2D eigenvalue weighted by Crippen LogP contribution is 2.22. The molecule has 5 nitrogen and oxygen atoms in total. The Kier molecular flexibility index (Phi) is 9.30. The molecule has 150 valence electrons. The van der Waals surface area contributed by atoms with E-state index in [1.54, 1.807) is 6.20 Å². The van der Waals surface area contributed by atoms with Crippen LogP contribution in [0, 0.1) is 12.8 Å². The van der Waals surface area contributed by atoms with Gasteiger partial charge in [-0.25, -0.2) is 4.98 Å². The van der Waals surface area contributed by atoms with E-state index in [2.05, 4.69) is 18.8 Å². The third-order valence-corrected chi connectivity index (χ3v) is 5.08. The summed E-state index contributed by atoms with van der Waals surface area (Å²) >= 11 is 0. The number of likely N-dealkylation sites (tertiary alicyclic amines) is 1. The summed E-state index contributed by atoms with van der Waals surface area (Å²) in [6.45, 7) is 5.73. The van der Waals surface area contributed by atoms with Gasteiger partial charge in [-0.3, -0.25) is 4.79 Å². The molecular weight excluding hydrogens is 385 g/mol. The number of amides is 1. The van der Waals surface area contributed by atoms with Crippen molar-refractivity contribution in [3.05, 3.63) is 41.9 Å². The minimum Gasteiger partial charge on any atom is -0.441 e. The molecule has 1 aliphatic heterocycles. The first-order valence-electron chi connectivity index (χ1n) is 9.08. The largest absolute Gasteiger partial charge is 0.441 e. The van der Waals surface area contributed by atoms with Crippen LogP contribution < -0.4 is 5.73 Å². The highest BCUT2D eigenvalue weighted by molar-refractivity contribution is 5.85. The Hall–Kier alpha value is -1.56. The fourth-order valence-electron chi connectivity index (χ4n) is 3.32. The lowest BCUT2D eigenvalue weighted by Gasteiger charge is -2.33. The average molecular weight is 414 g/mol. The van der Waals surface area contributed by atoms with Crippen LogP contribution in [0.4, 0.5) is 0 Å². The predicted octanol–water partition coefficient (Wildman–Crippen LogP) is 4.01. The maximum Gasteiger partial charge on any atom is 0.223 e. The Bertz CT molecular complexity index is 708. The molecule has 27 heavy (non-hydrogen) atoms. The lowest BCUT2D eigenvalue weighted by molar-refractivity contribution is -0.132. The summed E-state index contributed by atoms with van der Waals surface area (Å²) < 4.78 is 5.80. The zero-order chi connectivity index (χ0) is 17.8. The SMILES string of the molecule is Cc1ccc(-c2cnc(CCC(=O)N3CCC(C(C)N)CC3)o2)cc1.Cl.Cl. The number of rotatable bonds is 5. The normalized spacial score (nSPS) is 15.6. The molecule has 1 aliphatic rings. The number of nitrogens with zero attached hydrogens (tertiary/aromatic N) is 2. The van der Waals surface area contributed by atoms with Crippen LogP contribution in [0.5, 0.6) is 0 Å². The van der Waals surface area contributed by atoms with Crippen LogP contribution >= 0.6 is 24.8 Å². The third-order valence-electron chi connectivity index (χ3n) is 5.08. The van der Waals surface area contributed by atoms with Crippen LogP contribution in [-0.4, -0.2) is 34.9 Å². The van der Waals surface area contributed by atoms with Crippen molar-refractivity contribution < 1.29 is 9.21 Å². The third kappa shape index (κ3) is 6.23. The first-order chi connectivity index (χ1) is 12.0. The molecule has 1 amide bonds. The molecule has 2 heterocycles. The van der Waals surface area contributed by atoms with Crippen molar-refractivity contribution >= 4 is 30.7 Å². The molecule has 1 aromatic carbocycles. The number of hydrogen-bond acceptors (Lipinski definition) is 4. The summed E-state index contributed by atoms with van der Waals surface area (Å²) in [6, 6.07) is 8.35. The molecule has 2 aromatic rings. The van der Waals surface area contributed by atoms with Crippen molar-refractivity contribution in [3.63, 3.8) is 0 Å². The van der Waals surface area contributed by atoms with E-state index in [-0.39, 0.29) is 36.8 Å². The number of nitrogens with two attached hydrogens (primary N) is 1. The molecule has 1 atom stereocenters. The summed E-state index contributed by atoms with van der Waals surface area (Å²) in [4.78, 5) is 18.6. The number of halogens is 2. The van der Waals surface area contributed by atoms with Crippen molar-refractivity contribution in [1.29, 1.82) is 0 Å². The van der Waals surface area contributed by atoms with E-state index in [0.29, 0.717) is 24.7 Å². The molecular formula is C20H29Cl2N3O2. The van der Waals surface area contributed by atoms with Gasteiger partial charge in [0.2, 0.25) is 5.91 Å². The summed E-state index contributed by atoms with van der Waals surface area (Å²) in [5, 5.41) is 0. The van der Waals surface area contributed by atoms with Gasteiger partial charge in [-0.1, -0.05) is 29.8 Å². The van der Waals surface area contributed by atoms with Crippen molar-refractivity contribution in [2.45, 2.75) is 45.6 Å². The summed E-state index contributed by atoms with van der Waals surface area (Å²) in [7, 11) is 0. The number of benzene rings is 1. The van der Waals surface area contributed by atoms with E-state index in [0.717, 1.165) is 37.3 Å². The molecule has 7 heteroatoms. The van der Waals surface area contributed by atoms with Gasteiger partial charge in [-0.05, 0) is 32.6 Å². The highest BCUT2D eigenvalue weighted by atomic mass is 35.5.